The summed E-state index contributed by atoms with van der Waals surface area (Å²) in [5.74, 6) is 0.126. The number of rotatable bonds is 4. The molecule has 134 valence electrons. The van der Waals surface area contributed by atoms with E-state index in [9.17, 15) is 9.59 Å². The van der Waals surface area contributed by atoms with Crippen LogP contribution in [0.5, 0.6) is 0 Å². The number of carbonyl (C=O) groups is 1. The Balaban J connectivity index is 1.54. The highest BCUT2D eigenvalue weighted by Gasteiger charge is 2.24. The number of ether oxygens (including phenoxy) is 1. The van der Waals surface area contributed by atoms with Gasteiger partial charge in [0.1, 0.15) is 13.2 Å². The summed E-state index contributed by atoms with van der Waals surface area (Å²) in [6.07, 6.45) is 2.94. The van der Waals surface area contributed by atoms with Crippen LogP contribution in [0, 0.1) is 5.92 Å². The van der Waals surface area contributed by atoms with E-state index in [4.69, 9.17) is 4.74 Å². The molecule has 2 heterocycles. The van der Waals surface area contributed by atoms with Gasteiger partial charge < -0.3 is 4.74 Å². The van der Waals surface area contributed by atoms with E-state index in [0.717, 1.165) is 35.1 Å². The standard InChI is InChI=1S/C19H19N3O3S/c1-12-7-8-14-15(9-12)26-18-17(14)19(24)22(21-20-18)10-16(23)25-11-13-5-3-2-4-6-13/h2-6,12H,7-11H2,1H3. The highest BCUT2D eigenvalue weighted by Crippen LogP contribution is 2.35. The van der Waals surface area contributed by atoms with E-state index in [1.54, 1.807) is 11.3 Å². The Labute approximate surface area is 154 Å². The van der Waals surface area contributed by atoms with Crippen LogP contribution in [0.2, 0.25) is 0 Å². The van der Waals surface area contributed by atoms with Crippen molar-refractivity contribution in [1.29, 1.82) is 0 Å². The minimum Gasteiger partial charge on any atom is -0.459 e. The molecule has 0 amide bonds. The lowest BCUT2D eigenvalue weighted by molar-refractivity contribution is -0.146. The van der Waals surface area contributed by atoms with Gasteiger partial charge in [0, 0.05) is 4.88 Å². The Bertz CT molecular complexity index is 1010. The number of benzene rings is 1. The summed E-state index contributed by atoms with van der Waals surface area (Å²) >= 11 is 1.55. The molecule has 0 saturated carbocycles. The molecular weight excluding hydrogens is 350 g/mol. The van der Waals surface area contributed by atoms with Crippen LogP contribution in [0.4, 0.5) is 0 Å². The van der Waals surface area contributed by atoms with Crippen molar-refractivity contribution < 1.29 is 9.53 Å². The Morgan fingerprint density at radius 1 is 1.35 bits per heavy atom. The average Bonchev–Trinajstić information content (AvgIpc) is 3.01. The van der Waals surface area contributed by atoms with E-state index in [0.29, 0.717) is 16.1 Å². The van der Waals surface area contributed by atoms with Crippen LogP contribution < -0.4 is 5.56 Å². The van der Waals surface area contributed by atoms with E-state index < -0.39 is 5.97 Å². The molecular formula is C19H19N3O3S. The third-order valence-electron chi connectivity index (χ3n) is 4.71. The van der Waals surface area contributed by atoms with Crippen LogP contribution >= 0.6 is 11.3 Å². The van der Waals surface area contributed by atoms with Crippen LogP contribution in [0.15, 0.2) is 35.1 Å². The van der Waals surface area contributed by atoms with Gasteiger partial charge in [-0.05, 0) is 36.3 Å². The Morgan fingerprint density at radius 2 is 2.15 bits per heavy atom. The maximum absolute atomic E-state index is 12.8. The first kappa shape index (κ1) is 16.9. The zero-order valence-corrected chi connectivity index (χ0v) is 15.3. The van der Waals surface area contributed by atoms with Gasteiger partial charge in [-0.15, -0.1) is 16.4 Å². The van der Waals surface area contributed by atoms with E-state index in [1.807, 2.05) is 30.3 Å². The number of carbonyl (C=O) groups excluding carboxylic acids is 1. The van der Waals surface area contributed by atoms with Crippen LogP contribution in [-0.2, 0) is 35.5 Å². The third-order valence-corrected chi connectivity index (χ3v) is 5.85. The lowest BCUT2D eigenvalue weighted by Crippen LogP contribution is -2.29. The second kappa shape index (κ2) is 6.99. The number of hydrogen-bond donors (Lipinski definition) is 0. The maximum Gasteiger partial charge on any atom is 0.328 e. The van der Waals surface area contributed by atoms with Gasteiger partial charge >= 0.3 is 5.97 Å². The smallest absolute Gasteiger partial charge is 0.328 e. The molecule has 26 heavy (non-hydrogen) atoms. The Morgan fingerprint density at radius 3 is 2.96 bits per heavy atom. The van der Waals surface area contributed by atoms with E-state index in [2.05, 4.69) is 17.2 Å². The van der Waals surface area contributed by atoms with Crippen molar-refractivity contribution >= 4 is 27.5 Å². The van der Waals surface area contributed by atoms with Crippen molar-refractivity contribution in [2.24, 2.45) is 5.92 Å². The van der Waals surface area contributed by atoms with Crippen LogP contribution in [-0.4, -0.2) is 21.0 Å². The van der Waals surface area contributed by atoms with Gasteiger partial charge in [0.2, 0.25) is 0 Å². The normalized spacial score (nSPS) is 16.4. The summed E-state index contributed by atoms with van der Waals surface area (Å²) in [6, 6.07) is 9.42. The van der Waals surface area contributed by atoms with E-state index in [1.165, 1.54) is 4.88 Å². The van der Waals surface area contributed by atoms with Gasteiger partial charge in [-0.2, -0.15) is 4.68 Å². The first-order valence-corrected chi connectivity index (χ1v) is 9.51. The van der Waals surface area contributed by atoms with Gasteiger partial charge in [-0.1, -0.05) is 42.5 Å². The molecule has 6 nitrogen and oxygen atoms in total. The SMILES string of the molecule is CC1CCc2c(sc3nnn(CC(=O)OCc4ccccc4)c(=O)c23)C1. The fraction of sp³-hybridized carbons (Fsp3) is 0.368. The molecule has 1 aromatic carbocycles. The second-order valence-corrected chi connectivity index (χ2v) is 7.81. The molecule has 1 aliphatic rings. The maximum atomic E-state index is 12.8. The van der Waals surface area contributed by atoms with Crippen molar-refractivity contribution in [3.63, 3.8) is 0 Å². The molecule has 0 radical (unpaired) electrons. The number of esters is 1. The van der Waals surface area contributed by atoms with Crippen LogP contribution in [0.3, 0.4) is 0 Å². The molecule has 0 spiro atoms. The largest absolute Gasteiger partial charge is 0.459 e. The number of aromatic nitrogens is 3. The predicted molar refractivity (Wildman–Crippen MR) is 99.1 cm³/mol. The molecule has 0 fully saturated rings. The predicted octanol–water partition coefficient (Wildman–Crippen LogP) is 2.72. The second-order valence-electron chi connectivity index (χ2n) is 6.73. The van der Waals surface area contributed by atoms with Gasteiger partial charge in [-0.3, -0.25) is 9.59 Å². The highest BCUT2D eigenvalue weighted by atomic mass is 32.1. The Hall–Kier alpha value is -2.54. The lowest BCUT2D eigenvalue weighted by Gasteiger charge is -2.17. The fourth-order valence-electron chi connectivity index (χ4n) is 3.30. The zero-order chi connectivity index (χ0) is 18.1. The first-order chi connectivity index (χ1) is 12.6. The molecule has 2 aromatic heterocycles. The molecule has 0 saturated heterocycles. The molecule has 1 unspecified atom stereocenters. The summed E-state index contributed by atoms with van der Waals surface area (Å²) in [4.78, 5) is 26.8. The number of thiophene rings is 1. The quantitative estimate of drug-likeness (QED) is 0.661. The van der Waals surface area contributed by atoms with E-state index in [-0.39, 0.29) is 18.7 Å². The molecule has 3 aromatic rings. The molecule has 1 aliphatic carbocycles. The van der Waals surface area contributed by atoms with E-state index >= 15 is 0 Å². The minimum absolute atomic E-state index is 0.176. The van der Waals surface area contributed by atoms with Crippen molar-refractivity contribution in [2.75, 3.05) is 0 Å². The van der Waals surface area contributed by atoms with Gasteiger partial charge in [0.25, 0.3) is 5.56 Å². The Kier molecular flexibility index (Phi) is 4.55. The molecule has 4 rings (SSSR count). The fourth-order valence-corrected chi connectivity index (χ4v) is 4.62. The van der Waals surface area contributed by atoms with Crippen LogP contribution in [0.25, 0.3) is 10.2 Å². The van der Waals surface area contributed by atoms with Gasteiger partial charge in [0.15, 0.2) is 4.83 Å². The molecule has 0 aliphatic heterocycles. The average molecular weight is 369 g/mol. The summed E-state index contributed by atoms with van der Waals surface area (Å²) in [6.45, 7) is 2.17. The molecule has 1 atom stereocenters. The number of fused-ring (bicyclic) bond motifs is 3. The van der Waals surface area contributed by atoms with Crippen molar-refractivity contribution in [3.8, 4) is 0 Å². The third kappa shape index (κ3) is 3.26. The van der Waals surface area contributed by atoms with Crippen molar-refractivity contribution in [3.05, 3.63) is 56.7 Å². The number of aryl methyl sites for hydroxylation is 1. The summed E-state index contributed by atoms with van der Waals surface area (Å²) in [7, 11) is 0. The lowest BCUT2D eigenvalue weighted by atomic mass is 9.89. The molecule has 7 heteroatoms. The van der Waals surface area contributed by atoms with Crippen molar-refractivity contribution in [1.82, 2.24) is 15.0 Å². The van der Waals surface area contributed by atoms with Crippen LogP contribution in [0.1, 0.15) is 29.3 Å². The first-order valence-electron chi connectivity index (χ1n) is 8.69. The minimum atomic E-state index is -0.498. The van der Waals surface area contributed by atoms with Gasteiger partial charge in [-0.25, -0.2) is 0 Å². The number of hydrogen-bond acceptors (Lipinski definition) is 6. The number of nitrogens with zero attached hydrogens (tertiary/aromatic N) is 3. The highest BCUT2D eigenvalue weighted by molar-refractivity contribution is 7.18. The molecule has 0 N–H and O–H groups in total. The topological polar surface area (TPSA) is 74.1 Å². The summed E-state index contributed by atoms with van der Waals surface area (Å²) in [5, 5.41) is 8.72. The van der Waals surface area contributed by atoms with Crippen molar-refractivity contribution in [2.45, 2.75) is 39.3 Å². The summed E-state index contributed by atoms with van der Waals surface area (Å²) < 4.78 is 6.36. The monoisotopic (exact) mass is 369 g/mol. The summed E-state index contributed by atoms with van der Waals surface area (Å²) in [5.41, 5.74) is 1.74. The zero-order valence-electron chi connectivity index (χ0n) is 14.5. The van der Waals surface area contributed by atoms with Gasteiger partial charge in [0.05, 0.1) is 5.39 Å². The molecule has 0 bridgehead atoms.